The average molecular weight is 334 g/mol. The molecule has 0 radical (unpaired) electrons. The number of hydrogen-bond donors (Lipinski definition) is 0. The van der Waals surface area contributed by atoms with Gasteiger partial charge in [0, 0.05) is 4.47 Å². The molecule has 4 nitrogen and oxygen atoms in total. The maximum atomic E-state index is 12.7. The first kappa shape index (κ1) is 12.3. The number of imide groups is 1. The Morgan fingerprint density at radius 3 is 2.80 bits per heavy atom. The van der Waals surface area contributed by atoms with Gasteiger partial charge in [0.2, 0.25) is 11.8 Å². The lowest BCUT2D eigenvalue weighted by molar-refractivity contribution is -0.126. The molecule has 0 aromatic heterocycles. The van der Waals surface area contributed by atoms with E-state index < -0.39 is 11.5 Å². The Balaban J connectivity index is 1.79. The second kappa shape index (κ2) is 3.80. The largest absolute Gasteiger partial charge is 0.362 e. The maximum Gasteiger partial charge on any atom is 0.241 e. The van der Waals surface area contributed by atoms with Gasteiger partial charge in [0.05, 0.1) is 29.2 Å². The van der Waals surface area contributed by atoms with Gasteiger partial charge in [-0.2, -0.15) is 0 Å². The van der Waals surface area contributed by atoms with Crippen molar-refractivity contribution >= 4 is 33.4 Å². The Kier molecular flexibility index (Phi) is 2.34. The lowest BCUT2D eigenvalue weighted by Crippen LogP contribution is -2.38. The summed E-state index contributed by atoms with van der Waals surface area (Å²) in [5.74, 6) is -1.09. The summed E-state index contributed by atoms with van der Waals surface area (Å²) in [6.07, 6.45) is 3.55. The Hall–Kier alpha value is -1.46. The monoisotopic (exact) mass is 333 g/mol. The zero-order valence-electron chi connectivity index (χ0n) is 10.7. The number of fused-ring (bicyclic) bond motifs is 5. The Labute approximate surface area is 124 Å². The van der Waals surface area contributed by atoms with Crippen molar-refractivity contribution < 1.29 is 14.3 Å². The number of carbonyl (C=O) groups excluding carboxylic acids is 2. The highest BCUT2D eigenvalue weighted by atomic mass is 79.9. The molecule has 0 saturated carbocycles. The van der Waals surface area contributed by atoms with Gasteiger partial charge in [0.15, 0.2) is 0 Å². The molecule has 1 aromatic carbocycles. The molecule has 3 heterocycles. The molecule has 3 aliphatic heterocycles. The van der Waals surface area contributed by atoms with Gasteiger partial charge >= 0.3 is 0 Å². The molecule has 4 rings (SSSR count). The number of rotatable bonds is 1. The van der Waals surface area contributed by atoms with Crippen molar-refractivity contribution in [3.05, 3.63) is 40.9 Å². The van der Waals surface area contributed by atoms with E-state index in [1.54, 1.807) is 12.1 Å². The fourth-order valence-corrected chi connectivity index (χ4v) is 3.91. The molecule has 102 valence electrons. The Bertz CT molecular complexity index is 671. The summed E-state index contributed by atoms with van der Waals surface area (Å²) in [5.41, 5.74) is -0.0187. The molecular formula is C15H12BrNO3. The van der Waals surface area contributed by atoms with E-state index >= 15 is 0 Å². The second-order valence-electron chi connectivity index (χ2n) is 5.62. The number of amides is 2. The number of benzene rings is 1. The third-order valence-electron chi connectivity index (χ3n) is 4.40. The Morgan fingerprint density at radius 2 is 2.10 bits per heavy atom. The minimum atomic E-state index is -0.636. The number of ether oxygens (including phenoxy) is 1. The fraction of sp³-hybridized carbons (Fsp3) is 0.333. The predicted octanol–water partition coefficient (Wildman–Crippen LogP) is 2.28. The molecule has 2 bridgehead atoms. The minimum absolute atomic E-state index is 0.156. The van der Waals surface area contributed by atoms with Crippen LogP contribution in [-0.4, -0.2) is 23.5 Å². The molecule has 2 amide bonds. The first-order chi connectivity index (χ1) is 9.51. The van der Waals surface area contributed by atoms with Crippen LogP contribution in [0.4, 0.5) is 5.69 Å². The zero-order valence-corrected chi connectivity index (χ0v) is 12.3. The van der Waals surface area contributed by atoms with E-state index in [9.17, 15) is 9.59 Å². The summed E-state index contributed by atoms with van der Waals surface area (Å²) in [7, 11) is 0. The van der Waals surface area contributed by atoms with Crippen LogP contribution in [0.25, 0.3) is 0 Å². The van der Waals surface area contributed by atoms with Crippen LogP contribution in [0.3, 0.4) is 0 Å². The van der Waals surface area contributed by atoms with Crippen LogP contribution in [0.2, 0.25) is 0 Å². The van der Waals surface area contributed by atoms with Crippen LogP contribution in [0.1, 0.15) is 6.92 Å². The van der Waals surface area contributed by atoms with Crippen molar-refractivity contribution in [3.63, 3.8) is 0 Å². The van der Waals surface area contributed by atoms with E-state index in [-0.39, 0.29) is 23.8 Å². The van der Waals surface area contributed by atoms with Gasteiger partial charge in [0.25, 0.3) is 0 Å². The fourth-order valence-electron chi connectivity index (χ4n) is 3.52. The molecular weight excluding hydrogens is 322 g/mol. The van der Waals surface area contributed by atoms with E-state index in [0.717, 1.165) is 4.47 Å². The van der Waals surface area contributed by atoms with Gasteiger partial charge in [-0.3, -0.25) is 9.59 Å². The number of nitrogens with zero attached hydrogens (tertiary/aromatic N) is 1. The van der Waals surface area contributed by atoms with E-state index in [2.05, 4.69) is 15.9 Å². The van der Waals surface area contributed by atoms with Gasteiger partial charge < -0.3 is 4.74 Å². The maximum absolute atomic E-state index is 12.7. The van der Waals surface area contributed by atoms with Crippen molar-refractivity contribution in [3.8, 4) is 0 Å². The number of halogens is 1. The van der Waals surface area contributed by atoms with Gasteiger partial charge in [-0.05, 0) is 25.1 Å². The van der Waals surface area contributed by atoms with Crippen molar-refractivity contribution in [1.82, 2.24) is 0 Å². The topological polar surface area (TPSA) is 46.6 Å². The summed E-state index contributed by atoms with van der Waals surface area (Å²) >= 11 is 3.37. The molecule has 4 atom stereocenters. The molecule has 2 fully saturated rings. The van der Waals surface area contributed by atoms with Crippen LogP contribution in [0.15, 0.2) is 40.9 Å². The van der Waals surface area contributed by atoms with E-state index in [4.69, 9.17) is 4.74 Å². The lowest BCUT2D eigenvalue weighted by Gasteiger charge is -2.24. The van der Waals surface area contributed by atoms with Gasteiger partial charge in [0.1, 0.15) is 0 Å². The predicted molar refractivity (Wildman–Crippen MR) is 76.0 cm³/mol. The van der Waals surface area contributed by atoms with Crippen LogP contribution in [0, 0.1) is 11.8 Å². The van der Waals surface area contributed by atoms with Gasteiger partial charge in [-0.1, -0.05) is 34.1 Å². The van der Waals surface area contributed by atoms with Crippen molar-refractivity contribution in [2.75, 3.05) is 4.90 Å². The quantitative estimate of drug-likeness (QED) is 0.585. The minimum Gasteiger partial charge on any atom is -0.362 e. The average Bonchev–Trinajstić information content (AvgIpc) is 2.99. The van der Waals surface area contributed by atoms with E-state index in [1.165, 1.54) is 4.90 Å². The van der Waals surface area contributed by atoms with Crippen molar-refractivity contribution in [2.24, 2.45) is 11.8 Å². The molecule has 0 spiro atoms. The smallest absolute Gasteiger partial charge is 0.241 e. The number of carbonyl (C=O) groups is 2. The first-order valence-corrected chi connectivity index (χ1v) is 7.31. The summed E-state index contributed by atoms with van der Waals surface area (Å²) < 4.78 is 6.63. The normalized spacial score (nSPS) is 37.9. The highest BCUT2D eigenvalue weighted by Gasteiger charge is 2.65. The zero-order chi connectivity index (χ0) is 14.1. The molecule has 0 aliphatic carbocycles. The second-order valence-corrected chi connectivity index (χ2v) is 6.54. The van der Waals surface area contributed by atoms with Crippen LogP contribution in [-0.2, 0) is 14.3 Å². The lowest BCUT2D eigenvalue weighted by atomic mass is 9.78. The molecule has 20 heavy (non-hydrogen) atoms. The van der Waals surface area contributed by atoms with E-state index in [0.29, 0.717) is 5.69 Å². The summed E-state index contributed by atoms with van der Waals surface area (Å²) in [4.78, 5) is 26.6. The summed E-state index contributed by atoms with van der Waals surface area (Å²) in [6.45, 7) is 1.88. The van der Waals surface area contributed by atoms with Gasteiger partial charge in [-0.25, -0.2) is 4.90 Å². The highest BCUT2D eigenvalue weighted by molar-refractivity contribution is 9.10. The molecule has 0 unspecified atom stereocenters. The van der Waals surface area contributed by atoms with Crippen molar-refractivity contribution in [1.29, 1.82) is 0 Å². The standard InChI is InChI=1S/C15H12BrNO3/c1-15-6-5-10(20-15)11-12(15)14(19)17(13(11)18)9-4-2-3-8(16)7-9/h2-7,10-12H,1H3/t10-,11+,12-,15+/m1/s1. The third-order valence-corrected chi connectivity index (χ3v) is 4.89. The van der Waals surface area contributed by atoms with Crippen LogP contribution < -0.4 is 4.90 Å². The molecule has 2 saturated heterocycles. The summed E-state index contributed by atoms with van der Waals surface area (Å²) in [5, 5.41) is 0. The Morgan fingerprint density at radius 1 is 1.30 bits per heavy atom. The summed E-state index contributed by atoms with van der Waals surface area (Å²) in [6, 6.07) is 7.25. The number of anilines is 1. The van der Waals surface area contributed by atoms with Gasteiger partial charge in [-0.15, -0.1) is 0 Å². The molecule has 3 aliphatic rings. The van der Waals surface area contributed by atoms with Crippen LogP contribution in [0.5, 0.6) is 0 Å². The van der Waals surface area contributed by atoms with Crippen LogP contribution >= 0.6 is 15.9 Å². The third kappa shape index (κ3) is 1.39. The van der Waals surface area contributed by atoms with E-state index in [1.807, 2.05) is 31.2 Å². The molecule has 1 aromatic rings. The first-order valence-electron chi connectivity index (χ1n) is 6.52. The SMILES string of the molecule is C[C@@]12C=C[C@@H](O1)[C@@H]1C(=O)N(c3cccc(Br)c3)C(=O)[C@@H]12. The molecule has 0 N–H and O–H groups in total. The van der Waals surface area contributed by atoms with Crippen molar-refractivity contribution in [2.45, 2.75) is 18.6 Å². The highest BCUT2D eigenvalue weighted by Crippen LogP contribution is 2.52. The molecule has 5 heteroatoms. The number of hydrogen-bond acceptors (Lipinski definition) is 3.